The second-order valence-corrected chi connectivity index (χ2v) is 3.87. The summed E-state index contributed by atoms with van der Waals surface area (Å²) >= 11 is 0. The molecule has 0 radical (unpaired) electrons. The minimum Gasteiger partial charge on any atom is -0.338 e. The molecule has 4 nitrogen and oxygen atoms in total. The van der Waals surface area contributed by atoms with Crippen LogP contribution in [0.15, 0.2) is 28.8 Å². The standard InChI is InChI=1S/C12H14FN3O/c1-2-10(14)12-15-11(16-17-12)7-8-4-3-5-9(13)6-8/h3-6,10H,2,7,14H2,1H3. The molecule has 0 spiro atoms. The van der Waals surface area contributed by atoms with Crippen LogP contribution in [0.2, 0.25) is 0 Å². The monoisotopic (exact) mass is 235 g/mol. The smallest absolute Gasteiger partial charge is 0.243 e. The molecule has 2 N–H and O–H groups in total. The van der Waals surface area contributed by atoms with E-state index in [2.05, 4.69) is 10.1 Å². The van der Waals surface area contributed by atoms with Crippen LogP contribution in [0.4, 0.5) is 4.39 Å². The van der Waals surface area contributed by atoms with Gasteiger partial charge in [-0.15, -0.1) is 0 Å². The molecule has 0 fully saturated rings. The van der Waals surface area contributed by atoms with Crippen molar-refractivity contribution in [2.75, 3.05) is 0 Å². The van der Waals surface area contributed by atoms with E-state index in [1.165, 1.54) is 12.1 Å². The number of rotatable bonds is 4. The van der Waals surface area contributed by atoms with Gasteiger partial charge in [0.2, 0.25) is 5.89 Å². The normalized spacial score (nSPS) is 12.6. The molecule has 0 bridgehead atoms. The van der Waals surface area contributed by atoms with E-state index in [9.17, 15) is 4.39 Å². The first kappa shape index (κ1) is 11.7. The van der Waals surface area contributed by atoms with Crippen LogP contribution >= 0.6 is 0 Å². The summed E-state index contributed by atoms with van der Waals surface area (Å²) in [4.78, 5) is 4.18. The molecule has 1 aromatic heterocycles. The van der Waals surface area contributed by atoms with Crippen molar-refractivity contribution in [1.82, 2.24) is 10.1 Å². The Bertz CT molecular complexity index is 498. The van der Waals surface area contributed by atoms with E-state index in [1.54, 1.807) is 6.07 Å². The lowest BCUT2D eigenvalue weighted by Gasteiger charge is -1.99. The summed E-state index contributed by atoms with van der Waals surface area (Å²) in [6.45, 7) is 1.95. The Morgan fingerprint density at radius 1 is 1.47 bits per heavy atom. The highest BCUT2D eigenvalue weighted by Gasteiger charge is 2.12. The molecule has 90 valence electrons. The summed E-state index contributed by atoms with van der Waals surface area (Å²) in [5.41, 5.74) is 6.58. The summed E-state index contributed by atoms with van der Waals surface area (Å²) < 4.78 is 18.0. The summed E-state index contributed by atoms with van der Waals surface area (Å²) in [7, 11) is 0. The SMILES string of the molecule is CCC(N)c1nc(Cc2cccc(F)c2)no1. The highest BCUT2D eigenvalue weighted by Crippen LogP contribution is 2.13. The highest BCUT2D eigenvalue weighted by molar-refractivity contribution is 5.19. The van der Waals surface area contributed by atoms with E-state index in [-0.39, 0.29) is 11.9 Å². The highest BCUT2D eigenvalue weighted by atomic mass is 19.1. The first-order valence-electron chi connectivity index (χ1n) is 5.51. The van der Waals surface area contributed by atoms with Gasteiger partial charge in [0.15, 0.2) is 5.82 Å². The largest absolute Gasteiger partial charge is 0.338 e. The molecule has 0 aliphatic carbocycles. The maximum Gasteiger partial charge on any atom is 0.243 e. The quantitative estimate of drug-likeness (QED) is 0.882. The third-order valence-electron chi connectivity index (χ3n) is 2.49. The van der Waals surface area contributed by atoms with Crippen molar-refractivity contribution in [1.29, 1.82) is 0 Å². The van der Waals surface area contributed by atoms with Crippen molar-refractivity contribution < 1.29 is 8.91 Å². The molecule has 1 aromatic carbocycles. The van der Waals surface area contributed by atoms with Gasteiger partial charge in [0.25, 0.3) is 0 Å². The van der Waals surface area contributed by atoms with Crippen molar-refractivity contribution >= 4 is 0 Å². The molecule has 2 rings (SSSR count). The van der Waals surface area contributed by atoms with Crippen LogP contribution < -0.4 is 5.73 Å². The number of nitrogens with two attached hydrogens (primary N) is 1. The number of hydrogen-bond acceptors (Lipinski definition) is 4. The molecule has 1 heterocycles. The molecule has 0 aliphatic rings. The summed E-state index contributed by atoms with van der Waals surface area (Å²) in [5, 5.41) is 3.82. The number of benzene rings is 1. The number of halogens is 1. The number of hydrogen-bond donors (Lipinski definition) is 1. The maximum absolute atomic E-state index is 13.0. The van der Waals surface area contributed by atoms with Gasteiger partial charge < -0.3 is 10.3 Å². The first-order valence-corrected chi connectivity index (χ1v) is 5.51. The lowest BCUT2D eigenvalue weighted by molar-refractivity contribution is 0.348. The maximum atomic E-state index is 13.0. The van der Waals surface area contributed by atoms with Gasteiger partial charge in [-0.25, -0.2) is 4.39 Å². The zero-order valence-electron chi connectivity index (χ0n) is 9.56. The van der Waals surface area contributed by atoms with Gasteiger partial charge in [-0.1, -0.05) is 24.2 Å². The number of nitrogens with zero attached hydrogens (tertiary/aromatic N) is 2. The Morgan fingerprint density at radius 2 is 2.29 bits per heavy atom. The van der Waals surface area contributed by atoms with Crippen molar-refractivity contribution in [2.45, 2.75) is 25.8 Å². The van der Waals surface area contributed by atoms with Crippen molar-refractivity contribution in [2.24, 2.45) is 5.73 Å². The van der Waals surface area contributed by atoms with Crippen LogP contribution in [0.1, 0.15) is 36.7 Å². The van der Waals surface area contributed by atoms with Crippen molar-refractivity contribution in [3.63, 3.8) is 0 Å². The summed E-state index contributed by atoms with van der Waals surface area (Å²) in [6, 6.07) is 6.10. The van der Waals surface area contributed by atoms with Gasteiger partial charge in [-0.3, -0.25) is 0 Å². The predicted octanol–water partition coefficient (Wildman–Crippen LogP) is 2.21. The molecular formula is C12H14FN3O. The van der Waals surface area contributed by atoms with E-state index in [4.69, 9.17) is 10.3 Å². The molecule has 5 heteroatoms. The minimum atomic E-state index is -0.267. The summed E-state index contributed by atoms with van der Waals surface area (Å²) in [6.07, 6.45) is 1.18. The second-order valence-electron chi connectivity index (χ2n) is 3.87. The van der Waals surface area contributed by atoms with Crippen molar-refractivity contribution in [3.8, 4) is 0 Å². The second kappa shape index (κ2) is 5.05. The topological polar surface area (TPSA) is 64.9 Å². The van der Waals surface area contributed by atoms with Crippen LogP contribution in [0.25, 0.3) is 0 Å². The molecule has 0 aliphatic heterocycles. The molecule has 1 unspecified atom stereocenters. The average Bonchev–Trinajstić information content (AvgIpc) is 2.76. The lowest BCUT2D eigenvalue weighted by Crippen LogP contribution is -2.08. The van der Waals surface area contributed by atoms with Crippen LogP contribution in [0.5, 0.6) is 0 Å². The predicted molar refractivity (Wildman–Crippen MR) is 60.7 cm³/mol. The number of aromatic nitrogens is 2. The van der Waals surface area contributed by atoms with Crippen LogP contribution in [-0.4, -0.2) is 10.1 Å². The van der Waals surface area contributed by atoms with E-state index >= 15 is 0 Å². The Balaban J connectivity index is 2.11. The van der Waals surface area contributed by atoms with E-state index in [0.717, 1.165) is 12.0 Å². The fourth-order valence-electron chi connectivity index (χ4n) is 1.49. The molecule has 2 aromatic rings. The summed E-state index contributed by atoms with van der Waals surface area (Å²) in [5.74, 6) is 0.685. The Hall–Kier alpha value is -1.75. The lowest BCUT2D eigenvalue weighted by atomic mass is 10.1. The van der Waals surface area contributed by atoms with Crippen LogP contribution in [-0.2, 0) is 6.42 Å². The first-order chi connectivity index (χ1) is 8.19. The van der Waals surface area contributed by atoms with Crippen molar-refractivity contribution in [3.05, 3.63) is 47.4 Å². The molecular weight excluding hydrogens is 221 g/mol. The molecule has 0 saturated heterocycles. The third kappa shape index (κ3) is 2.88. The van der Waals surface area contributed by atoms with Gasteiger partial charge >= 0.3 is 0 Å². The Morgan fingerprint density at radius 3 is 3.00 bits per heavy atom. The minimum absolute atomic E-state index is 0.233. The molecule has 0 amide bonds. The Kier molecular flexibility index (Phi) is 3.49. The van der Waals surface area contributed by atoms with E-state index in [0.29, 0.717) is 18.1 Å². The van der Waals surface area contributed by atoms with E-state index in [1.807, 2.05) is 13.0 Å². The van der Waals surface area contributed by atoms with Crippen LogP contribution in [0, 0.1) is 5.82 Å². The van der Waals surface area contributed by atoms with Gasteiger partial charge in [-0.2, -0.15) is 4.98 Å². The zero-order chi connectivity index (χ0) is 12.3. The third-order valence-corrected chi connectivity index (χ3v) is 2.49. The molecule has 0 saturated carbocycles. The zero-order valence-corrected chi connectivity index (χ0v) is 9.56. The van der Waals surface area contributed by atoms with Gasteiger partial charge in [-0.05, 0) is 24.1 Å². The van der Waals surface area contributed by atoms with Gasteiger partial charge in [0.1, 0.15) is 5.82 Å². The molecule has 1 atom stereocenters. The van der Waals surface area contributed by atoms with E-state index < -0.39 is 0 Å². The Labute approximate surface area is 98.6 Å². The van der Waals surface area contributed by atoms with Crippen LogP contribution in [0.3, 0.4) is 0 Å². The van der Waals surface area contributed by atoms with Gasteiger partial charge in [0, 0.05) is 6.42 Å². The molecule has 17 heavy (non-hydrogen) atoms. The fourth-order valence-corrected chi connectivity index (χ4v) is 1.49. The average molecular weight is 235 g/mol. The fraction of sp³-hybridized carbons (Fsp3) is 0.333. The van der Waals surface area contributed by atoms with Gasteiger partial charge in [0.05, 0.1) is 6.04 Å².